The van der Waals surface area contributed by atoms with Crippen molar-refractivity contribution in [3.05, 3.63) is 12.7 Å². The molecular weight excluding hydrogens is 228 g/mol. The number of nitrogens with one attached hydrogen (secondary N) is 2. The van der Waals surface area contributed by atoms with Gasteiger partial charge in [0.25, 0.3) is 0 Å². The van der Waals surface area contributed by atoms with Gasteiger partial charge < -0.3 is 20.3 Å². The maximum atomic E-state index is 5.03. The molecule has 0 radical (unpaired) electrons. The first kappa shape index (κ1) is 16.9. The van der Waals surface area contributed by atoms with Gasteiger partial charge in [-0.1, -0.05) is 6.08 Å². The van der Waals surface area contributed by atoms with Gasteiger partial charge in [-0.15, -0.1) is 6.58 Å². The van der Waals surface area contributed by atoms with Crippen LogP contribution in [-0.4, -0.2) is 64.3 Å². The maximum absolute atomic E-state index is 5.03. The van der Waals surface area contributed by atoms with Gasteiger partial charge >= 0.3 is 0 Å². The van der Waals surface area contributed by atoms with Crippen LogP contribution in [0.2, 0.25) is 0 Å². The van der Waals surface area contributed by atoms with Crippen LogP contribution in [0.15, 0.2) is 17.6 Å². The third kappa shape index (κ3) is 10.1. The average molecular weight is 256 g/mol. The van der Waals surface area contributed by atoms with Gasteiger partial charge in [0.2, 0.25) is 0 Å². The maximum Gasteiger partial charge on any atom is 0.191 e. The van der Waals surface area contributed by atoms with E-state index in [9.17, 15) is 0 Å². The second kappa shape index (κ2) is 12.4. The summed E-state index contributed by atoms with van der Waals surface area (Å²) in [5, 5.41) is 6.38. The lowest BCUT2D eigenvalue weighted by atomic mass is 10.4. The molecule has 106 valence electrons. The molecule has 0 saturated heterocycles. The molecule has 0 saturated carbocycles. The summed E-state index contributed by atoms with van der Waals surface area (Å²) in [6.45, 7) is 11.0. The van der Waals surface area contributed by atoms with E-state index in [4.69, 9.17) is 4.74 Å². The van der Waals surface area contributed by atoms with Crippen molar-refractivity contribution in [1.29, 1.82) is 0 Å². The molecule has 0 rings (SSSR count). The molecule has 5 nitrogen and oxygen atoms in total. The van der Waals surface area contributed by atoms with E-state index in [0.29, 0.717) is 0 Å². The third-order valence-corrected chi connectivity index (χ3v) is 2.40. The Kier molecular flexibility index (Phi) is 11.7. The molecule has 0 aliphatic heterocycles. The van der Waals surface area contributed by atoms with Gasteiger partial charge in [-0.3, -0.25) is 4.99 Å². The number of rotatable bonds is 10. The zero-order valence-corrected chi connectivity index (χ0v) is 12.0. The fraction of sp³-hybridized carbons (Fsp3) is 0.769. The Labute approximate surface area is 111 Å². The molecule has 0 aliphatic carbocycles. The quantitative estimate of drug-likeness (QED) is 0.261. The minimum Gasteiger partial charge on any atom is -0.383 e. The van der Waals surface area contributed by atoms with Crippen LogP contribution in [0, 0.1) is 0 Å². The molecule has 2 N–H and O–H groups in total. The lowest BCUT2D eigenvalue weighted by Crippen LogP contribution is -2.37. The fourth-order valence-electron chi connectivity index (χ4n) is 1.40. The number of guanidine groups is 1. The highest BCUT2D eigenvalue weighted by Crippen LogP contribution is 1.88. The first-order chi connectivity index (χ1) is 8.74. The summed E-state index contributed by atoms with van der Waals surface area (Å²) in [4.78, 5) is 6.75. The molecule has 5 heteroatoms. The van der Waals surface area contributed by atoms with Crippen molar-refractivity contribution in [2.75, 3.05) is 53.5 Å². The van der Waals surface area contributed by atoms with E-state index in [2.05, 4.69) is 41.1 Å². The normalized spacial score (nSPS) is 11.7. The summed E-state index contributed by atoms with van der Waals surface area (Å²) in [6.07, 6.45) is 2.87. The Morgan fingerprint density at radius 1 is 1.39 bits per heavy atom. The number of aliphatic imine (C=N–C) groups is 1. The Hall–Kier alpha value is -1.07. The highest BCUT2D eigenvalue weighted by molar-refractivity contribution is 5.79. The first-order valence-corrected chi connectivity index (χ1v) is 6.55. The van der Waals surface area contributed by atoms with E-state index < -0.39 is 0 Å². The molecule has 0 aromatic heterocycles. The number of nitrogens with zero attached hydrogens (tertiary/aromatic N) is 2. The molecule has 0 heterocycles. The number of methoxy groups -OCH3 is 1. The van der Waals surface area contributed by atoms with E-state index in [1.807, 2.05) is 6.08 Å². The lowest BCUT2D eigenvalue weighted by molar-refractivity contribution is 0.161. The van der Waals surface area contributed by atoms with Gasteiger partial charge in [0.1, 0.15) is 0 Å². The van der Waals surface area contributed by atoms with Crippen molar-refractivity contribution in [2.45, 2.75) is 13.3 Å². The number of likely N-dealkylation sites (N-methyl/N-ethyl adjacent to an activating group) is 1. The molecule has 0 aliphatic rings. The second-order valence-electron chi connectivity index (χ2n) is 4.08. The SMILES string of the molecule is C=CCNC(=NCCCN(C)CCOC)NCC. The molecule has 0 amide bonds. The predicted molar refractivity (Wildman–Crippen MR) is 78.2 cm³/mol. The first-order valence-electron chi connectivity index (χ1n) is 6.55. The summed E-state index contributed by atoms with van der Waals surface area (Å²) in [5.41, 5.74) is 0. The van der Waals surface area contributed by atoms with Crippen LogP contribution in [0.4, 0.5) is 0 Å². The molecule has 0 atom stereocenters. The van der Waals surface area contributed by atoms with Crippen molar-refractivity contribution in [2.24, 2.45) is 4.99 Å². The van der Waals surface area contributed by atoms with E-state index in [-0.39, 0.29) is 0 Å². The summed E-state index contributed by atoms with van der Waals surface area (Å²) >= 11 is 0. The number of ether oxygens (including phenoxy) is 1. The van der Waals surface area contributed by atoms with Crippen LogP contribution in [0.25, 0.3) is 0 Å². The van der Waals surface area contributed by atoms with Crippen LogP contribution in [0.1, 0.15) is 13.3 Å². The summed E-state index contributed by atoms with van der Waals surface area (Å²) in [5.74, 6) is 0.858. The van der Waals surface area contributed by atoms with Crippen LogP contribution >= 0.6 is 0 Å². The Bertz CT molecular complexity index is 231. The summed E-state index contributed by atoms with van der Waals surface area (Å²) in [6, 6.07) is 0. The fourth-order valence-corrected chi connectivity index (χ4v) is 1.40. The molecule has 0 unspecified atom stereocenters. The van der Waals surface area contributed by atoms with Gasteiger partial charge in [-0.05, 0) is 26.9 Å². The Balaban J connectivity index is 3.76. The molecule has 18 heavy (non-hydrogen) atoms. The summed E-state index contributed by atoms with van der Waals surface area (Å²) < 4.78 is 5.03. The van der Waals surface area contributed by atoms with Crippen LogP contribution in [0.5, 0.6) is 0 Å². The van der Waals surface area contributed by atoms with Gasteiger partial charge in [-0.2, -0.15) is 0 Å². The van der Waals surface area contributed by atoms with Crippen molar-refractivity contribution in [3.8, 4) is 0 Å². The molecule has 0 spiro atoms. The topological polar surface area (TPSA) is 48.9 Å². The largest absolute Gasteiger partial charge is 0.383 e. The Morgan fingerprint density at radius 3 is 2.78 bits per heavy atom. The van der Waals surface area contributed by atoms with E-state index in [1.54, 1.807) is 7.11 Å². The van der Waals surface area contributed by atoms with Crippen LogP contribution < -0.4 is 10.6 Å². The zero-order valence-electron chi connectivity index (χ0n) is 12.0. The van der Waals surface area contributed by atoms with Gasteiger partial charge in [0.05, 0.1) is 6.61 Å². The molecule has 0 aromatic carbocycles. The number of hydrogen-bond acceptors (Lipinski definition) is 3. The van der Waals surface area contributed by atoms with Crippen molar-refractivity contribution < 1.29 is 4.74 Å². The number of hydrogen-bond donors (Lipinski definition) is 2. The molecule has 0 fully saturated rings. The minimum absolute atomic E-state index is 0.736. The molecular formula is C13H28N4O. The summed E-state index contributed by atoms with van der Waals surface area (Å²) in [7, 11) is 3.83. The van der Waals surface area contributed by atoms with Gasteiger partial charge in [0.15, 0.2) is 5.96 Å². The van der Waals surface area contributed by atoms with E-state index >= 15 is 0 Å². The predicted octanol–water partition coefficient (Wildman–Crippen LogP) is 0.696. The average Bonchev–Trinajstić information content (AvgIpc) is 2.38. The minimum atomic E-state index is 0.736. The van der Waals surface area contributed by atoms with Crippen molar-refractivity contribution >= 4 is 5.96 Å². The monoisotopic (exact) mass is 256 g/mol. The molecule has 0 bridgehead atoms. The standard InChI is InChI=1S/C13H28N4O/c1-5-8-15-13(14-6-2)16-9-7-10-17(3)11-12-18-4/h5H,1,6-12H2,2-4H3,(H2,14,15,16). The second-order valence-corrected chi connectivity index (χ2v) is 4.08. The van der Waals surface area contributed by atoms with Crippen molar-refractivity contribution in [3.63, 3.8) is 0 Å². The Morgan fingerprint density at radius 2 is 2.17 bits per heavy atom. The zero-order chi connectivity index (χ0) is 13.6. The van der Waals surface area contributed by atoms with Crippen LogP contribution in [-0.2, 0) is 4.74 Å². The molecule has 0 aromatic rings. The van der Waals surface area contributed by atoms with Crippen LogP contribution in [0.3, 0.4) is 0 Å². The third-order valence-electron chi connectivity index (χ3n) is 2.40. The van der Waals surface area contributed by atoms with E-state index in [0.717, 1.165) is 51.7 Å². The van der Waals surface area contributed by atoms with Gasteiger partial charge in [-0.25, -0.2) is 0 Å². The van der Waals surface area contributed by atoms with Gasteiger partial charge in [0, 0.05) is 33.3 Å². The van der Waals surface area contributed by atoms with E-state index in [1.165, 1.54) is 0 Å². The van der Waals surface area contributed by atoms with Crippen molar-refractivity contribution in [1.82, 2.24) is 15.5 Å². The highest BCUT2D eigenvalue weighted by atomic mass is 16.5. The lowest BCUT2D eigenvalue weighted by Gasteiger charge is -2.15. The highest BCUT2D eigenvalue weighted by Gasteiger charge is 1.98. The smallest absolute Gasteiger partial charge is 0.191 e.